The fourth-order valence-electron chi connectivity index (χ4n) is 3.11. The van der Waals surface area contributed by atoms with E-state index in [9.17, 15) is 9.18 Å². The van der Waals surface area contributed by atoms with Gasteiger partial charge in [-0.2, -0.15) is 0 Å². The summed E-state index contributed by atoms with van der Waals surface area (Å²) in [5.74, 6) is -0.298. The number of nitrogens with two attached hydrogens (primary N) is 1. The van der Waals surface area contributed by atoms with Crippen LogP contribution in [0.2, 0.25) is 5.02 Å². The molecular formula is C20H21ClFN3O2. The molecule has 1 aliphatic heterocycles. The van der Waals surface area contributed by atoms with Crippen molar-refractivity contribution in [3.8, 4) is 0 Å². The molecule has 0 radical (unpaired) electrons. The molecule has 0 aliphatic carbocycles. The number of carbonyl (C=O) groups is 1. The number of amidine groups is 1. The predicted molar refractivity (Wildman–Crippen MR) is 103 cm³/mol. The van der Waals surface area contributed by atoms with Crippen molar-refractivity contribution in [2.24, 2.45) is 10.7 Å². The van der Waals surface area contributed by atoms with E-state index in [0.717, 1.165) is 0 Å². The Morgan fingerprint density at radius 3 is 2.70 bits per heavy atom. The molecule has 0 fully saturated rings. The average molecular weight is 390 g/mol. The Labute approximate surface area is 162 Å². The van der Waals surface area contributed by atoms with Crippen LogP contribution in [0.5, 0.6) is 0 Å². The quantitative estimate of drug-likeness (QED) is 0.809. The summed E-state index contributed by atoms with van der Waals surface area (Å²) in [6.45, 7) is 5.67. The van der Waals surface area contributed by atoms with Crippen LogP contribution in [0, 0.1) is 5.82 Å². The lowest BCUT2D eigenvalue weighted by Crippen LogP contribution is -2.52. The number of rotatable bonds is 4. The molecule has 1 aromatic carbocycles. The lowest BCUT2D eigenvalue weighted by atomic mass is 9.76. The van der Waals surface area contributed by atoms with E-state index < -0.39 is 17.0 Å². The third-order valence-corrected chi connectivity index (χ3v) is 5.28. The van der Waals surface area contributed by atoms with Crippen molar-refractivity contribution < 1.29 is 13.9 Å². The predicted octanol–water partition coefficient (Wildman–Crippen LogP) is 3.68. The summed E-state index contributed by atoms with van der Waals surface area (Å²) >= 11 is 5.80. The van der Waals surface area contributed by atoms with E-state index in [-0.39, 0.29) is 18.8 Å². The van der Waals surface area contributed by atoms with Crippen molar-refractivity contribution in [2.75, 3.05) is 6.61 Å². The van der Waals surface area contributed by atoms with Gasteiger partial charge in [-0.25, -0.2) is 4.39 Å². The fourth-order valence-corrected chi connectivity index (χ4v) is 3.22. The van der Waals surface area contributed by atoms with Gasteiger partial charge < -0.3 is 10.5 Å². The first kappa shape index (κ1) is 19.5. The number of aliphatic imine (C=N–C) groups is 1. The Bertz CT molecular complexity index is 912. The first-order chi connectivity index (χ1) is 12.6. The minimum atomic E-state index is -1.02. The SMILES string of the molecule is CC1(C)OCC(N)=N[C@]1(C)c1cc(CC(=O)c2ccc(Cl)cn2)ccc1F. The van der Waals surface area contributed by atoms with Crippen LogP contribution in [-0.2, 0) is 16.7 Å². The van der Waals surface area contributed by atoms with Gasteiger partial charge in [0.1, 0.15) is 29.5 Å². The minimum absolute atomic E-state index is 0.0818. The van der Waals surface area contributed by atoms with Crippen LogP contribution >= 0.6 is 11.6 Å². The summed E-state index contributed by atoms with van der Waals surface area (Å²) < 4.78 is 20.5. The van der Waals surface area contributed by atoms with Crippen LogP contribution in [0.15, 0.2) is 41.5 Å². The molecule has 0 spiro atoms. The van der Waals surface area contributed by atoms with Gasteiger partial charge in [-0.15, -0.1) is 0 Å². The molecule has 0 unspecified atom stereocenters. The topological polar surface area (TPSA) is 77.6 Å². The molecule has 27 heavy (non-hydrogen) atoms. The summed E-state index contributed by atoms with van der Waals surface area (Å²) in [6.07, 6.45) is 1.50. The molecule has 5 nitrogen and oxygen atoms in total. The Balaban J connectivity index is 1.96. The van der Waals surface area contributed by atoms with Gasteiger partial charge in [0, 0.05) is 18.2 Å². The van der Waals surface area contributed by atoms with Crippen molar-refractivity contribution >= 4 is 23.2 Å². The van der Waals surface area contributed by atoms with E-state index in [0.29, 0.717) is 27.7 Å². The van der Waals surface area contributed by atoms with E-state index in [1.54, 1.807) is 31.2 Å². The number of hydrogen-bond acceptors (Lipinski definition) is 5. The monoisotopic (exact) mass is 389 g/mol. The molecule has 3 rings (SSSR count). The van der Waals surface area contributed by atoms with Gasteiger partial charge in [0.15, 0.2) is 5.78 Å². The standard InChI is InChI=1S/C20H21ClFN3O2/c1-19(2)20(3,25-18(23)11-27-19)14-8-12(4-6-15(14)22)9-17(26)16-7-5-13(21)10-24-16/h4-8,10H,9,11H2,1-3H3,(H2,23,25)/t20-/m1/s1. The highest BCUT2D eigenvalue weighted by Crippen LogP contribution is 2.42. The molecule has 2 aromatic rings. The average Bonchev–Trinajstić information content (AvgIpc) is 2.61. The number of pyridine rings is 1. The molecule has 7 heteroatoms. The maximum absolute atomic E-state index is 14.7. The highest BCUT2D eigenvalue weighted by atomic mass is 35.5. The summed E-state index contributed by atoms with van der Waals surface area (Å²) in [6, 6.07) is 7.75. The smallest absolute Gasteiger partial charge is 0.185 e. The Kier molecular flexibility index (Phi) is 5.06. The largest absolute Gasteiger partial charge is 0.386 e. The van der Waals surface area contributed by atoms with E-state index in [4.69, 9.17) is 22.1 Å². The summed E-state index contributed by atoms with van der Waals surface area (Å²) in [5.41, 5.74) is 5.37. The van der Waals surface area contributed by atoms with Crippen molar-refractivity contribution in [1.29, 1.82) is 0 Å². The van der Waals surface area contributed by atoms with Crippen molar-refractivity contribution in [3.05, 3.63) is 64.2 Å². The summed E-state index contributed by atoms with van der Waals surface area (Å²) in [5, 5.41) is 0.457. The lowest BCUT2D eigenvalue weighted by molar-refractivity contribution is -0.0637. The van der Waals surface area contributed by atoms with Gasteiger partial charge >= 0.3 is 0 Å². The maximum atomic E-state index is 14.7. The molecule has 1 atom stereocenters. The van der Waals surface area contributed by atoms with E-state index >= 15 is 0 Å². The second-order valence-electron chi connectivity index (χ2n) is 7.25. The zero-order chi connectivity index (χ0) is 19.8. The fraction of sp³-hybridized carbons (Fsp3) is 0.350. The van der Waals surface area contributed by atoms with Crippen LogP contribution in [0.1, 0.15) is 42.4 Å². The molecular weight excluding hydrogens is 369 g/mol. The Morgan fingerprint density at radius 2 is 2.04 bits per heavy atom. The number of carbonyl (C=O) groups excluding carboxylic acids is 1. The van der Waals surface area contributed by atoms with Gasteiger partial charge in [0.05, 0.1) is 10.6 Å². The summed E-state index contributed by atoms with van der Waals surface area (Å²) in [7, 11) is 0. The molecule has 1 aromatic heterocycles. The highest BCUT2D eigenvalue weighted by Gasteiger charge is 2.47. The zero-order valence-electron chi connectivity index (χ0n) is 15.4. The van der Waals surface area contributed by atoms with Crippen LogP contribution in [-0.4, -0.2) is 28.8 Å². The molecule has 0 saturated carbocycles. The number of Topliss-reactive ketones (excluding diaryl/α,β-unsaturated/α-hetero) is 1. The van der Waals surface area contributed by atoms with E-state index in [1.807, 2.05) is 13.8 Å². The third kappa shape index (κ3) is 3.73. The molecule has 2 N–H and O–H groups in total. The number of benzene rings is 1. The van der Waals surface area contributed by atoms with Crippen molar-refractivity contribution in [2.45, 2.75) is 38.3 Å². The first-order valence-corrected chi connectivity index (χ1v) is 8.92. The zero-order valence-corrected chi connectivity index (χ0v) is 16.2. The van der Waals surface area contributed by atoms with Crippen LogP contribution < -0.4 is 5.73 Å². The van der Waals surface area contributed by atoms with E-state index in [2.05, 4.69) is 9.98 Å². The van der Waals surface area contributed by atoms with Crippen LogP contribution in [0.3, 0.4) is 0 Å². The number of halogens is 2. The summed E-state index contributed by atoms with van der Waals surface area (Å²) in [4.78, 5) is 21.0. The third-order valence-electron chi connectivity index (χ3n) is 5.05. The highest BCUT2D eigenvalue weighted by molar-refractivity contribution is 6.30. The molecule has 1 aliphatic rings. The maximum Gasteiger partial charge on any atom is 0.185 e. The Hall–Kier alpha value is -2.31. The second-order valence-corrected chi connectivity index (χ2v) is 7.69. The number of ketones is 1. The van der Waals surface area contributed by atoms with Crippen molar-refractivity contribution in [3.63, 3.8) is 0 Å². The number of ether oxygens (including phenoxy) is 1. The molecule has 0 amide bonds. The lowest BCUT2D eigenvalue weighted by Gasteiger charge is -2.44. The molecule has 2 heterocycles. The van der Waals surface area contributed by atoms with Gasteiger partial charge in [0.25, 0.3) is 0 Å². The Morgan fingerprint density at radius 1 is 1.30 bits per heavy atom. The number of aromatic nitrogens is 1. The molecule has 0 saturated heterocycles. The van der Waals surface area contributed by atoms with Crippen LogP contribution in [0.4, 0.5) is 4.39 Å². The normalized spacial score (nSPS) is 21.6. The first-order valence-electron chi connectivity index (χ1n) is 8.54. The minimum Gasteiger partial charge on any atom is -0.386 e. The van der Waals surface area contributed by atoms with Crippen molar-refractivity contribution in [1.82, 2.24) is 4.98 Å². The van der Waals surface area contributed by atoms with Gasteiger partial charge in [0.2, 0.25) is 0 Å². The molecule has 0 bridgehead atoms. The van der Waals surface area contributed by atoms with Gasteiger partial charge in [-0.05, 0) is 50.6 Å². The second kappa shape index (κ2) is 7.02. The van der Waals surface area contributed by atoms with E-state index in [1.165, 1.54) is 12.3 Å². The molecule has 142 valence electrons. The van der Waals surface area contributed by atoms with Crippen LogP contribution in [0.25, 0.3) is 0 Å². The van der Waals surface area contributed by atoms with Gasteiger partial charge in [-0.3, -0.25) is 14.8 Å². The number of hydrogen-bond donors (Lipinski definition) is 1. The van der Waals surface area contributed by atoms with Gasteiger partial charge in [-0.1, -0.05) is 17.7 Å². The number of nitrogens with zero attached hydrogens (tertiary/aromatic N) is 2.